The van der Waals surface area contributed by atoms with Crippen LogP contribution in [0.3, 0.4) is 0 Å². The van der Waals surface area contributed by atoms with E-state index < -0.39 is 21.8 Å². The number of furan rings is 1. The van der Waals surface area contributed by atoms with E-state index >= 15 is 0 Å². The molecule has 1 radical (unpaired) electrons. The second-order valence-corrected chi connectivity index (χ2v) is 21.3. The Kier molecular flexibility index (Phi) is 9.09. The van der Waals surface area contributed by atoms with E-state index in [1.165, 1.54) is 16.8 Å². The van der Waals surface area contributed by atoms with Gasteiger partial charge in [-0.25, -0.2) is 0 Å². The van der Waals surface area contributed by atoms with E-state index in [4.69, 9.17) is 17.6 Å². The number of hydrogen-bond donors (Lipinski definition) is 0. The molecule has 9 aromatic rings. The quantitative estimate of drug-likeness (QED) is 0.128. The number of aryl methyl sites for hydroxylation is 2. The van der Waals surface area contributed by atoms with Crippen molar-refractivity contribution >= 4 is 46.2 Å². The van der Waals surface area contributed by atoms with Crippen LogP contribution in [0.25, 0.3) is 72.4 Å². The van der Waals surface area contributed by atoms with Crippen LogP contribution in [0, 0.1) is 25.8 Å². The molecule has 0 aliphatic carbocycles. The van der Waals surface area contributed by atoms with Gasteiger partial charge in [0.15, 0.2) is 0 Å². The van der Waals surface area contributed by atoms with Crippen LogP contribution in [-0.2, 0) is 25.5 Å². The first-order valence-corrected chi connectivity index (χ1v) is 22.3. The van der Waals surface area contributed by atoms with Crippen LogP contribution in [0.4, 0.5) is 0 Å². The maximum Gasteiger partial charge on any atom is 0.121 e. The number of fused-ring (bicyclic) bond motifs is 4. The number of imidazole rings is 1. The average molecular weight is 944 g/mol. The molecule has 57 heavy (non-hydrogen) atoms. The zero-order valence-electron chi connectivity index (χ0n) is 38.9. The average Bonchev–Trinajstić information content (AvgIpc) is 3.81. The molecular weight excluding hydrogens is 891 g/mol. The maximum atomic E-state index is 7.86. The van der Waals surface area contributed by atoms with Gasteiger partial charge in [0.2, 0.25) is 0 Å². The van der Waals surface area contributed by atoms with Gasteiger partial charge in [-0.05, 0) is 70.2 Å². The molecule has 4 nitrogen and oxygen atoms in total. The molecule has 0 N–H and O–H groups in total. The van der Waals surface area contributed by atoms with Crippen LogP contribution in [0.2, 0.25) is 19.6 Å². The van der Waals surface area contributed by atoms with Crippen LogP contribution in [0.1, 0.15) is 45.7 Å². The van der Waals surface area contributed by atoms with Gasteiger partial charge in [-0.1, -0.05) is 131 Å². The predicted molar refractivity (Wildman–Crippen MR) is 238 cm³/mol. The molecule has 0 amide bonds. The number of pyridine rings is 1. The maximum absolute atomic E-state index is 7.86. The van der Waals surface area contributed by atoms with E-state index in [0.29, 0.717) is 28.1 Å². The van der Waals surface area contributed by atoms with Gasteiger partial charge >= 0.3 is 0 Å². The summed E-state index contributed by atoms with van der Waals surface area (Å²) in [7, 11) is -1.34. The molecule has 9 rings (SSSR count). The molecule has 0 fully saturated rings. The van der Waals surface area contributed by atoms with Crippen LogP contribution in [-0.4, -0.2) is 22.6 Å². The van der Waals surface area contributed by atoms with Crippen molar-refractivity contribution in [3.05, 3.63) is 168 Å². The van der Waals surface area contributed by atoms with Gasteiger partial charge in [0.25, 0.3) is 0 Å². The third-order valence-corrected chi connectivity index (χ3v) is 12.2. The predicted octanol–water partition coefficient (Wildman–Crippen LogP) is 13.1. The summed E-state index contributed by atoms with van der Waals surface area (Å²) in [6.07, 6.45) is 1.92. The van der Waals surface area contributed by atoms with Crippen molar-refractivity contribution in [2.24, 2.45) is 0 Å². The van der Waals surface area contributed by atoms with Crippen molar-refractivity contribution in [1.82, 2.24) is 14.5 Å². The Morgan fingerprint density at radius 2 is 1.53 bits per heavy atom. The number of benzene rings is 6. The van der Waals surface area contributed by atoms with E-state index in [1.807, 2.05) is 54.7 Å². The van der Waals surface area contributed by atoms with Crippen molar-refractivity contribution in [3.8, 4) is 39.5 Å². The molecule has 0 saturated heterocycles. The number of rotatable bonds is 5. The minimum absolute atomic E-state index is 0. The molecule has 0 aliphatic rings. The Morgan fingerprint density at radius 1 is 0.754 bits per heavy atom. The summed E-state index contributed by atoms with van der Waals surface area (Å²) in [5, 5.41) is 3.05. The summed E-state index contributed by atoms with van der Waals surface area (Å²) < 4.78 is 54.2. The van der Waals surface area contributed by atoms with Gasteiger partial charge in [-0.3, -0.25) is 4.98 Å². The molecule has 3 heterocycles. The van der Waals surface area contributed by atoms with Gasteiger partial charge in [0.1, 0.15) is 5.58 Å². The van der Waals surface area contributed by atoms with Crippen molar-refractivity contribution in [2.75, 3.05) is 0 Å². The van der Waals surface area contributed by atoms with E-state index in [9.17, 15) is 0 Å². The van der Waals surface area contributed by atoms with Crippen LogP contribution >= 0.6 is 0 Å². The Balaban J connectivity index is 0.000000239. The van der Waals surface area contributed by atoms with Gasteiger partial charge in [-0.15, -0.1) is 53.6 Å². The van der Waals surface area contributed by atoms with Crippen LogP contribution < -0.4 is 5.19 Å². The Labute approximate surface area is 359 Å². The molecular formula is C51H47IrN3OSi-2. The molecule has 0 aliphatic heterocycles. The SMILES string of the molecule is [2H]C([2H])([2H])c1c[c-]c(-c2ccc([Si](C)(C)C)cn2)cc1.[2H]C([2H])([2H])c1ccc2c(c1)oc1c(-c3nc4ccccc4n3-c3ccc(C(C)(C)C)cc3-c3ccccc3)[c-]ccc12.[Ir]. The minimum Gasteiger partial charge on any atom is -0.501 e. The first-order chi connectivity index (χ1) is 29.3. The standard InChI is InChI=1S/C36H29N2O.C15H18NSi.Ir/c1-23-17-19-26-27-13-10-14-28(34(27)39-33(26)21-23)35-37-30-15-8-9-16-32(30)38(35)31-20-18-25(36(2,3)4)22-29(31)24-11-6-5-7-12-24;1-12-5-7-13(8-6-12)15-10-9-14(11-16-15)17(2,3)4;/h5-13,15-22H,1-4H3;5-7,9-11H,1-4H3;/q2*-1;/i2*1D3;. The Bertz CT molecular complexity index is 3000. The fourth-order valence-electron chi connectivity index (χ4n) is 6.97. The van der Waals surface area contributed by atoms with Gasteiger partial charge < -0.3 is 14.0 Å². The van der Waals surface area contributed by atoms with E-state index in [-0.39, 0.29) is 31.1 Å². The summed E-state index contributed by atoms with van der Waals surface area (Å²) in [6.45, 7) is 9.22. The Hall–Kier alpha value is -5.39. The second kappa shape index (κ2) is 15.9. The molecule has 287 valence electrons. The van der Waals surface area contributed by atoms with Gasteiger partial charge in [0, 0.05) is 51.2 Å². The minimum atomic E-state index is -2.22. The smallest absolute Gasteiger partial charge is 0.121 e. The van der Waals surface area contributed by atoms with Crippen molar-refractivity contribution in [3.63, 3.8) is 0 Å². The molecule has 6 aromatic carbocycles. The number of nitrogens with zero attached hydrogens (tertiary/aromatic N) is 3. The first-order valence-electron chi connectivity index (χ1n) is 21.8. The van der Waals surface area contributed by atoms with Crippen LogP contribution in [0.5, 0.6) is 0 Å². The molecule has 0 bridgehead atoms. The normalized spacial score (nSPS) is 13.7. The fraction of sp³-hybridized carbons (Fsp3) is 0.176. The fourth-order valence-corrected chi connectivity index (χ4v) is 8.01. The van der Waals surface area contributed by atoms with Crippen molar-refractivity contribution in [1.29, 1.82) is 0 Å². The van der Waals surface area contributed by atoms with Gasteiger partial charge in [-0.2, -0.15) is 0 Å². The molecule has 6 heteroatoms. The summed E-state index contributed by atoms with van der Waals surface area (Å²) in [5.74, 6) is 0.706. The largest absolute Gasteiger partial charge is 0.501 e. The number of para-hydroxylation sites is 2. The summed E-state index contributed by atoms with van der Waals surface area (Å²) in [4.78, 5) is 9.59. The first kappa shape index (κ1) is 32.7. The molecule has 0 atom stereocenters. The molecule has 0 spiro atoms. The molecule has 0 saturated carbocycles. The van der Waals surface area contributed by atoms with Crippen molar-refractivity contribution in [2.45, 2.75) is 59.5 Å². The third kappa shape index (κ3) is 8.08. The summed E-state index contributed by atoms with van der Waals surface area (Å²) in [6, 6.07) is 49.6. The zero-order chi connectivity index (χ0) is 44.2. The summed E-state index contributed by atoms with van der Waals surface area (Å²) in [5.41, 5.74) is 10.3. The molecule has 3 aromatic heterocycles. The van der Waals surface area contributed by atoms with Gasteiger partial charge in [0.05, 0.1) is 30.5 Å². The number of aromatic nitrogens is 3. The zero-order valence-corrected chi connectivity index (χ0v) is 36.3. The summed E-state index contributed by atoms with van der Waals surface area (Å²) >= 11 is 0. The van der Waals surface area contributed by atoms with Crippen LogP contribution in [0.15, 0.2) is 144 Å². The monoisotopic (exact) mass is 944 g/mol. The topological polar surface area (TPSA) is 43.9 Å². The van der Waals surface area contributed by atoms with E-state index in [0.717, 1.165) is 49.9 Å². The van der Waals surface area contributed by atoms with E-state index in [1.54, 1.807) is 24.3 Å². The second-order valence-electron chi connectivity index (χ2n) is 16.2. The third-order valence-electron chi connectivity index (χ3n) is 10.1. The van der Waals surface area contributed by atoms with E-state index in [2.05, 4.69) is 117 Å². The Morgan fingerprint density at radius 3 is 2.23 bits per heavy atom. The van der Waals surface area contributed by atoms with Crippen molar-refractivity contribution < 1.29 is 32.7 Å². The molecule has 0 unspecified atom stereocenters. The number of hydrogen-bond acceptors (Lipinski definition) is 3.